The first-order valence-corrected chi connectivity index (χ1v) is 7.41. The third-order valence-electron chi connectivity index (χ3n) is 4.02. The first-order chi connectivity index (χ1) is 10.4. The number of nitrogens with zero attached hydrogens (tertiary/aromatic N) is 2. The molecule has 0 saturated heterocycles. The molecule has 0 radical (unpaired) electrons. The van der Waals surface area contributed by atoms with Gasteiger partial charge in [-0.25, -0.2) is 0 Å². The SMILES string of the molecule is Cc1cc([N+](=O)[O-])cn(CC(=O)OC2CCC(C)CC2)c1=O. The molecule has 1 aromatic rings. The van der Waals surface area contributed by atoms with Crippen LogP contribution in [0.2, 0.25) is 0 Å². The number of nitro groups is 1. The molecule has 1 fully saturated rings. The minimum absolute atomic E-state index is 0.112. The molecule has 1 aliphatic rings. The molecule has 7 nitrogen and oxygen atoms in total. The number of aryl methyl sites for hydroxylation is 1. The molecule has 2 rings (SSSR count). The monoisotopic (exact) mass is 308 g/mol. The predicted octanol–water partition coefficient (Wildman–Crippen LogP) is 2.19. The van der Waals surface area contributed by atoms with Crippen LogP contribution in [0.25, 0.3) is 0 Å². The number of hydrogen-bond donors (Lipinski definition) is 0. The molecular weight excluding hydrogens is 288 g/mol. The number of rotatable bonds is 4. The van der Waals surface area contributed by atoms with Crippen molar-refractivity contribution in [2.75, 3.05) is 0 Å². The van der Waals surface area contributed by atoms with Gasteiger partial charge in [0.25, 0.3) is 11.2 Å². The zero-order valence-corrected chi connectivity index (χ0v) is 12.8. The predicted molar refractivity (Wildman–Crippen MR) is 79.6 cm³/mol. The van der Waals surface area contributed by atoms with E-state index >= 15 is 0 Å². The van der Waals surface area contributed by atoms with E-state index in [9.17, 15) is 19.7 Å². The van der Waals surface area contributed by atoms with Gasteiger partial charge in [-0.3, -0.25) is 24.3 Å². The molecule has 1 aliphatic carbocycles. The van der Waals surface area contributed by atoms with Crippen molar-refractivity contribution in [2.45, 2.75) is 52.2 Å². The van der Waals surface area contributed by atoms with E-state index in [-0.39, 0.29) is 23.9 Å². The maximum atomic E-state index is 12.0. The van der Waals surface area contributed by atoms with Crippen LogP contribution in [0, 0.1) is 23.0 Å². The Bertz CT molecular complexity index is 629. The van der Waals surface area contributed by atoms with Gasteiger partial charge >= 0.3 is 5.97 Å². The third kappa shape index (κ3) is 3.93. The summed E-state index contributed by atoms with van der Waals surface area (Å²) in [6, 6.07) is 1.20. The van der Waals surface area contributed by atoms with E-state index in [1.54, 1.807) is 0 Å². The summed E-state index contributed by atoms with van der Waals surface area (Å²) in [4.78, 5) is 34.1. The zero-order valence-electron chi connectivity index (χ0n) is 12.8. The van der Waals surface area contributed by atoms with E-state index in [4.69, 9.17) is 4.74 Å². The maximum Gasteiger partial charge on any atom is 0.326 e. The summed E-state index contributed by atoms with van der Waals surface area (Å²) in [5.41, 5.74) is -0.398. The highest BCUT2D eigenvalue weighted by Gasteiger charge is 2.22. The highest BCUT2D eigenvalue weighted by molar-refractivity contribution is 5.69. The summed E-state index contributed by atoms with van der Waals surface area (Å²) in [5.74, 6) is 0.124. The Morgan fingerprint density at radius 1 is 1.41 bits per heavy atom. The Labute approximate surface area is 128 Å². The van der Waals surface area contributed by atoms with Crippen LogP contribution in [0.4, 0.5) is 5.69 Å². The normalized spacial score (nSPS) is 21.4. The number of esters is 1. The Morgan fingerprint density at radius 3 is 2.64 bits per heavy atom. The van der Waals surface area contributed by atoms with Crippen LogP contribution in [-0.4, -0.2) is 21.6 Å². The fraction of sp³-hybridized carbons (Fsp3) is 0.600. The van der Waals surface area contributed by atoms with Crippen LogP contribution in [0.1, 0.15) is 38.2 Å². The second-order valence-corrected chi connectivity index (χ2v) is 5.94. The Hall–Kier alpha value is -2.18. The quantitative estimate of drug-likeness (QED) is 0.483. The fourth-order valence-electron chi connectivity index (χ4n) is 2.69. The van der Waals surface area contributed by atoms with Crippen molar-refractivity contribution in [1.82, 2.24) is 4.57 Å². The summed E-state index contributed by atoms with van der Waals surface area (Å²) in [6.45, 7) is 3.36. The summed E-state index contributed by atoms with van der Waals surface area (Å²) in [6.07, 6.45) is 4.67. The summed E-state index contributed by atoms with van der Waals surface area (Å²) < 4.78 is 6.41. The topological polar surface area (TPSA) is 91.4 Å². The molecule has 0 N–H and O–H groups in total. The summed E-state index contributed by atoms with van der Waals surface area (Å²) in [5, 5.41) is 10.8. The second kappa shape index (κ2) is 6.72. The van der Waals surface area contributed by atoms with Crippen molar-refractivity contribution in [3.63, 3.8) is 0 Å². The second-order valence-electron chi connectivity index (χ2n) is 5.94. The lowest BCUT2D eigenvalue weighted by atomic mass is 9.89. The Morgan fingerprint density at radius 2 is 2.05 bits per heavy atom. The summed E-state index contributed by atoms with van der Waals surface area (Å²) >= 11 is 0. The molecule has 7 heteroatoms. The van der Waals surface area contributed by atoms with Gasteiger partial charge in [0, 0.05) is 11.6 Å². The molecular formula is C15H20N2O5. The van der Waals surface area contributed by atoms with Gasteiger partial charge in [0.05, 0.1) is 11.1 Å². The van der Waals surface area contributed by atoms with Gasteiger partial charge in [-0.1, -0.05) is 6.92 Å². The van der Waals surface area contributed by atoms with Crippen LogP contribution in [0.3, 0.4) is 0 Å². The van der Waals surface area contributed by atoms with E-state index in [1.807, 2.05) is 0 Å². The van der Waals surface area contributed by atoms with Crippen molar-refractivity contribution in [2.24, 2.45) is 5.92 Å². The van der Waals surface area contributed by atoms with Crippen molar-refractivity contribution < 1.29 is 14.5 Å². The third-order valence-corrected chi connectivity index (χ3v) is 4.02. The minimum atomic E-state index is -0.587. The Balaban J connectivity index is 2.05. The number of hydrogen-bond acceptors (Lipinski definition) is 5. The van der Waals surface area contributed by atoms with Crippen LogP contribution >= 0.6 is 0 Å². The lowest BCUT2D eigenvalue weighted by Crippen LogP contribution is -2.30. The van der Waals surface area contributed by atoms with Crippen molar-refractivity contribution in [3.8, 4) is 0 Å². The molecule has 22 heavy (non-hydrogen) atoms. The molecule has 0 amide bonds. The van der Waals surface area contributed by atoms with Crippen LogP contribution < -0.4 is 5.56 Å². The molecule has 0 aliphatic heterocycles. The number of carbonyl (C=O) groups is 1. The molecule has 1 aromatic heterocycles. The van der Waals surface area contributed by atoms with Crippen molar-refractivity contribution in [3.05, 3.63) is 38.3 Å². The van der Waals surface area contributed by atoms with Crippen molar-refractivity contribution in [1.29, 1.82) is 0 Å². The molecule has 0 aromatic carbocycles. The first-order valence-electron chi connectivity index (χ1n) is 7.41. The van der Waals surface area contributed by atoms with Gasteiger partial charge in [0.1, 0.15) is 12.6 Å². The number of pyridine rings is 1. The molecule has 0 unspecified atom stereocenters. The van der Waals surface area contributed by atoms with Gasteiger partial charge in [-0.15, -0.1) is 0 Å². The van der Waals surface area contributed by atoms with Crippen LogP contribution in [0.15, 0.2) is 17.1 Å². The van der Waals surface area contributed by atoms with E-state index in [2.05, 4.69) is 6.92 Å². The molecule has 0 spiro atoms. The van der Waals surface area contributed by atoms with Gasteiger partial charge in [-0.05, 0) is 38.5 Å². The first kappa shape index (κ1) is 16.2. The zero-order chi connectivity index (χ0) is 16.3. The molecule has 120 valence electrons. The Kier molecular flexibility index (Phi) is 4.95. The van der Waals surface area contributed by atoms with E-state index in [0.29, 0.717) is 5.92 Å². The minimum Gasteiger partial charge on any atom is -0.461 e. The van der Waals surface area contributed by atoms with Gasteiger partial charge in [-0.2, -0.15) is 0 Å². The van der Waals surface area contributed by atoms with Crippen LogP contribution in [-0.2, 0) is 16.1 Å². The molecule has 0 bridgehead atoms. The average molecular weight is 308 g/mol. The van der Waals surface area contributed by atoms with Gasteiger partial charge < -0.3 is 4.74 Å². The molecule has 1 heterocycles. The van der Waals surface area contributed by atoms with E-state index in [0.717, 1.165) is 36.4 Å². The van der Waals surface area contributed by atoms with Gasteiger partial charge in [0.2, 0.25) is 0 Å². The molecule has 0 atom stereocenters. The van der Waals surface area contributed by atoms with E-state index in [1.165, 1.54) is 13.0 Å². The number of carbonyl (C=O) groups excluding carboxylic acids is 1. The fourth-order valence-corrected chi connectivity index (χ4v) is 2.69. The largest absolute Gasteiger partial charge is 0.461 e. The lowest BCUT2D eigenvalue weighted by molar-refractivity contribution is -0.385. The van der Waals surface area contributed by atoms with Crippen LogP contribution in [0.5, 0.6) is 0 Å². The highest BCUT2D eigenvalue weighted by Crippen LogP contribution is 2.25. The maximum absolute atomic E-state index is 12.0. The molecule has 1 saturated carbocycles. The summed E-state index contributed by atoms with van der Waals surface area (Å²) in [7, 11) is 0. The lowest BCUT2D eigenvalue weighted by Gasteiger charge is -2.26. The van der Waals surface area contributed by atoms with Crippen molar-refractivity contribution >= 4 is 11.7 Å². The smallest absolute Gasteiger partial charge is 0.326 e. The average Bonchev–Trinajstić information content (AvgIpc) is 2.46. The standard InChI is InChI=1S/C15H20N2O5/c1-10-3-5-13(6-4-10)22-14(18)9-16-8-12(17(20)21)7-11(2)15(16)19/h7-8,10,13H,3-6,9H2,1-2H3. The van der Waals surface area contributed by atoms with E-state index < -0.39 is 16.5 Å². The highest BCUT2D eigenvalue weighted by atomic mass is 16.6. The van der Waals surface area contributed by atoms with Gasteiger partial charge in [0.15, 0.2) is 0 Å². The number of ether oxygens (including phenoxy) is 1. The number of aromatic nitrogens is 1.